The molecule has 0 unspecified atom stereocenters. The third kappa shape index (κ3) is 2.56. The van der Waals surface area contributed by atoms with Gasteiger partial charge in [0.25, 0.3) is 0 Å². The number of benzene rings is 1. The molecule has 0 aliphatic carbocycles. The topological polar surface area (TPSA) is 0 Å². The first kappa shape index (κ1) is 9.74. The van der Waals surface area contributed by atoms with Gasteiger partial charge in [0.2, 0.25) is 0 Å². The molecule has 0 heterocycles. The van der Waals surface area contributed by atoms with Gasteiger partial charge in [-0.1, -0.05) is 0 Å². The van der Waals surface area contributed by atoms with Crippen molar-refractivity contribution in [3.63, 3.8) is 0 Å². The first-order valence-corrected chi connectivity index (χ1v) is 6.68. The van der Waals surface area contributed by atoms with E-state index in [0.29, 0.717) is 0 Å². The molecule has 0 aromatic heterocycles. The van der Waals surface area contributed by atoms with Crippen LogP contribution in [0.3, 0.4) is 0 Å². The second-order valence-electron chi connectivity index (χ2n) is 2.00. The van der Waals surface area contributed by atoms with E-state index in [1.165, 1.54) is 13.4 Å². The van der Waals surface area contributed by atoms with Gasteiger partial charge in [-0.3, -0.25) is 0 Å². The lowest BCUT2D eigenvalue weighted by molar-refractivity contribution is 1.30. The predicted octanol–water partition coefficient (Wildman–Crippen LogP) is 3.74. The SMILES string of the molecule is CSc1ccc(I)c(SC)c1. The molecule has 1 aromatic rings. The van der Waals surface area contributed by atoms with E-state index in [1.807, 2.05) is 0 Å². The first-order valence-electron chi connectivity index (χ1n) is 3.15. The maximum atomic E-state index is 2.36. The Morgan fingerprint density at radius 2 is 1.91 bits per heavy atom. The Morgan fingerprint density at radius 1 is 1.18 bits per heavy atom. The van der Waals surface area contributed by atoms with Gasteiger partial charge in [-0.15, -0.1) is 23.5 Å². The third-order valence-electron chi connectivity index (χ3n) is 1.36. The van der Waals surface area contributed by atoms with E-state index in [0.717, 1.165) is 0 Å². The summed E-state index contributed by atoms with van der Waals surface area (Å²) in [5.41, 5.74) is 0. The lowest BCUT2D eigenvalue weighted by atomic mass is 10.4. The molecule has 0 aliphatic heterocycles. The molecule has 0 saturated carbocycles. The Balaban J connectivity index is 3.02. The molecule has 0 nitrogen and oxygen atoms in total. The fraction of sp³-hybridized carbons (Fsp3) is 0.250. The van der Waals surface area contributed by atoms with Crippen molar-refractivity contribution in [3.05, 3.63) is 21.8 Å². The summed E-state index contributed by atoms with van der Waals surface area (Å²) < 4.78 is 1.34. The Bertz CT molecular complexity index is 248. The standard InChI is InChI=1S/C8H9IS2/c1-10-6-3-4-7(9)8(5-6)11-2/h3-5H,1-2H3. The smallest absolute Gasteiger partial charge is 0.0266 e. The van der Waals surface area contributed by atoms with Crippen LogP contribution in [-0.4, -0.2) is 12.5 Å². The third-order valence-corrected chi connectivity index (χ3v) is 4.17. The van der Waals surface area contributed by atoms with Crippen LogP contribution in [0.15, 0.2) is 28.0 Å². The minimum atomic E-state index is 1.34. The largest absolute Gasteiger partial charge is 0.130 e. The van der Waals surface area contributed by atoms with Crippen molar-refractivity contribution in [2.45, 2.75) is 9.79 Å². The lowest BCUT2D eigenvalue weighted by Gasteiger charge is -2.02. The monoisotopic (exact) mass is 296 g/mol. The predicted molar refractivity (Wildman–Crippen MR) is 62.7 cm³/mol. The van der Waals surface area contributed by atoms with Gasteiger partial charge >= 0.3 is 0 Å². The molecule has 3 heteroatoms. The Labute approximate surface area is 89.7 Å². The van der Waals surface area contributed by atoms with Crippen LogP contribution in [0.4, 0.5) is 0 Å². The molecule has 0 aliphatic rings. The Hall–Kier alpha value is 0.650. The maximum absolute atomic E-state index is 2.36. The zero-order valence-electron chi connectivity index (χ0n) is 6.43. The van der Waals surface area contributed by atoms with E-state index in [1.54, 1.807) is 23.5 Å². The highest BCUT2D eigenvalue weighted by Gasteiger charge is 1.98. The fourth-order valence-electron chi connectivity index (χ4n) is 0.767. The van der Waals surface area contributed by atoms with Crippen molar-refractivity contribution in [2.75, 3.05) is 12.5 Å². The summed E-state index contributed by atoms with van der Waals surface area (Å²) in [5, 5.41) is 0. The number of halogens is 1. The summed E-state index contributed by atoms with van der Waals surface area (Å²) in [6.07, 6.45) is 4.22. The molecular weight excluding hydrogens is 287 g/mol. The van der Waals surface area contributed by atoms with E-state index >= 15 is 0 Å². The van der Waals surface area contributed by atoms with Crippen LogP contribution in [0.2, 0.25) is 0 Å². The summed E-state index contributed by atoms with van der Waals surface area (Å²) in [5.74, 6) is 0. The Kier molecular flexibility index (Phi) is 4.09. The van der Waals surface area contributed by atoms with Crippen molar-refractivity contribution in [1.82, 2.24) is 0 Å². The van der Waals surface area contributed by atoms with Crippen molar-refractivity contribution >= 4 is 46.1 Å². The molecule has 0 amide bonds. The molecule has 0 radical (unpaired) electrons. The van der Waals surface area contributed by atoms with Crippen molar-refractivity contribution in [3.8, 4) is 0 Å². The van der Waals surface area contributed by atoms with Gasteiger partial charge in [0.1, 0.15) is 0 Å². The summed E-state index contributed by atoms with van der Waals surface area (Å²) in [4.78, 5) is 2.72. The van der Waals surface area contributed by atoms with Gasteiger partial charge < -0.3 is 0 Å². The van der Waals surface area contributed by atoms with Crippen LogP contribution in [0, 0.1) is 3.57 Å². The highest BCUT2D eigenvalue weighted by Crippen LogP contribution is 2.26. The van der Waals surface area contributed by atoms with Crippen LogP contribution >= 0.6 is 46.1 Å². The van der Waals surface area contributed by atoms with Crippen molar-refractivity contribution in [1.29, 1.82) is 0 Å². The molecule has 0 fully saturated rings. The minimum absolute atomic E-state index is 1.34. The molecule has 60 valence electrons. The molecule has 0 spiro atoms. The molecule has 0 saturated heterocycles. The van der Waals surface area contributed by atoms with Crippen LogP contribution in [-0.2, 0) is 0 Å². The molecule has 0 N–H and O–H groups in total. The highest BCUT2D eigenvalue weighted by molar-refractivity contribution is 14.1. The highest BCUT2D eigenvalue weighted by atomic mass is 127. The summed E-state index contributed by atoms with van der Waals surface area (Å²) in [6, 6.07) is 6.56. The van der Waals surface area contributed by atoms with Gasteiger partial charge in [-0.25, -0.2) is 0 Å². The quantitative estimate of drug-likeness (QED) is 0.602. The van der Waals surface area contributed by atoms with E-state index in [4.69, 9.17) is 0 Å². The summed E-state index contributed by atoms with van der Waals surface area (Å²) in [6.45, 7) is 0. The zero-order chi connectivity index (χ0) is 8.27. The second-order valence-corrected chi connectivity index (χ2v) is 4.89. The van der Waals surface area contributed by atoms with Gasteiger partial charge in [-0.05, 0) is 53.3 Å². The van der Waals surface area contributed by atoms with Gasteiger partial charge in [0.05, 0.1) is 0 Å². The average molecular weight is 296 g/mol. The van der Waals surface area contributed by atoms with Crippen molar-refractivity contribution in [2.24, 2.45) is 0 Å². The zero-order valence-corrected chi connectivity index (χ0v) is 10.2. The van der Waals surface area contributed by atoms with Crippen LogP contribution in [0.5, 0.6) is 0 Å². The van der Waals surface area contributed by atoms with Gasteiger partial charge in [0.15, 0.2) is 0 Å². The molecule has 11 heavy (non-hydrogen) atoms. The first-order chi connectivity index (χ1) is 5.27. The summed E-state index contributed by atoms with van der Waals surface area (Å²) >= 11 is 5.96. The van der Waals surface area contributed by atoms with Crippen molar-refractivity contribution < 1.29 is 0 Å². The van der Waals surface area contributed by atoms with E-state index in [2.05, 4.69) is 53.3 Å². The van der Waals surface area contributed by atoms with Crippen LogP contribution in [0.1, 0.15) is 0 Å². The summed E-state index contributed by atoms with van der Waals surface area (Å²) in [7, 11) is 0. The normalized spacial score (nSPS) is 10.1. The number of hydrogen-bond acceptors (Lipinski definition) is 2. The number of rotatable bonds is 2. The van der Waals surface area contributed by atoms with Gasteiger partial charge in [0, 0.05) is 13.4 Å². The average Bonchev–Trinajstić information content (AvgIpc) is 2.05. The lowest BCUT2D eigenvalue weighted by Crippen LogP contribution is -1.78. The van der Waals surface area contributed by atoms with E-state index in [-0.39, 0.29) is 0 Å². The van der Waals surface area contributed by atoms with Crippen LogP contribution < -0.4 is 0 Å². The molecule has 1 rings (SSSR count). The number of thioether (sulfide) groups is 2. The Morgan fingerprint density at radius 3 is 2.45 bits per heavy atom. The molecule has 0 atom stereocenters. The molecule has 0 bridgehead atoms. The minimum Gasteiger partial charge on any atom is -0.130 e. The second kappa shape index (κ2) is 4.62. The fourth-order valence-corrected chi connectivity index (χ4v) is 2.79. The van der Waals surface area contributed by atoms with E-state index < -0.39 is 0 Å². The van der Waals surface area contributed by atoms with Crippen LogP contribution in [0.25, 0.3) is 0 Å². The maximum Gasteiger partial charge on any atom is 0.0266 e. The van der Waals surface area contributed by atoms with Gasteiger partial charge in [-0.2, -0.15) is 0 Å². The number of hydrogen-bond donors (Lipinski definition) is 0. The molecular formula is C8H9IS2. The van der Waals surface area contributed by atoms with E-state index in [9.17, 15) is 0 Å². The molecule has 1 aromatic carbocycles.